The first kappa shape index (κ1) is 22.3. The Morgan fingerprint density at radius 1 is 0.943 bits per heavy atom. The molecule has 2 amide bonds. The molecule has 0 saturated heterocycles. The van der Waals surface area contributed by atoms with Gasteiger partial charge >= 0.3 is 5.97 Å². The Balaban J connectivity index is 1.60. The van der Waals surface area contributed by atoms with Crippen molar-refractivity contribution in [1.82, 2.24) is 4.90 Å². The maximum Gasteiger partial charge on any atom is 0.335 e. The molecule has 1 aliphatic heterocycles. The fourth-order valence-electron chi connectivity index (χ4n) is 4.25. The van der Waals surface area contributed by atoms with Crippen LogP contribution in [-0.4, -0.2) is 28.7 Å². The summed E-state index contributed by atoms with van der Waals surface area (Å²) in [5, 5.41) is 0.227. The van der Waals surface area contributed by atoms with E-state index in [0.29, 0.717) is 5.58 Å². The van der Waals surface area contributed by atoms with Gasteiger partial charge in [0.1, 0.15) is 11.6 Å². The Labute approximate surface area is 199 Å². The molecule has 1 aliphatic rings. The number of benzene rings is 2. The van der Waals surface area contributed by atoms with Gasteiger partial charge in [0.15, 0.2) is 5.76 Å². The van der Waals surface area contributed by atoms with Crippen molar-refractivity contribution in [2.45, 2.75) is 26.8 Å². The number of imide groups is 1. The van der Waals surface area contributed by atoms with Gasteiger partial charge in [0.2, 0.25) is 16.9 Å². The maximum absolute atomic E-state index is 13.5. The van der Waals surface area contributed by atoms with Gasteiger partial charge in [-0.2, -0.15) is 0 Å². The molecule has 0 radical (unpaired) electrons. The fraction of sp³-hybridized carbons (Fsp3) is 0.185. The second kappa shape index (κ2) is 8.39. The summed E-state index contributed by atoms with van der Waals surface area (Å²) < 4.78 is 17.0. The Kier molecular flexibility index (Phi) is 5.36. The van der Waals surface area contributed by atoms with Crippen molar-refractivity contribution in [3.05, 3.63) is 87.8 Å². The van der Waals surface area contributed by atoms with Gasteiger partial charge in [0.05, 0.1) is 22.8 Å². The van der Waals surface area contributed by atoms with Crippen molar-refractivity contribution in [3.63, 3.8) is 0 Å². The second-order valence-electron chi connectivity index (χ2n) is 8.70. The number of ether oxygens (including phenoxy) is 1. The number of hydrogen-bond donors (Lipinski definition) is 0. The fourth-order valence-corrected chi connectivity index (χ4v) is 4.25. The number of fused-ring (bicyclic) bond motifs is 2. The van der Waals surface area contributed by atoms with Crippen LogP contribution in [-0.2, 0) is 4.79 Å². The average Bonchev–Trinajstić information content (AvgIpc) is 3.45. The van der Waals surface area contributed by atoms with Crippen LogP contribution in [0.25, 0.3) is 22.5 Å². The number of furan rings is 1. The summed E-state index contributed by atoms with van der Waals surface area (Å²) in [6, 6.07) is 13.4. The predicted molar refractivity (Wildman–Crippen MR) is 126 cm³/mol. The van der Waals surface area contributed by atoms with E-state index >= 15 is 0 Å². The smallest absolute Gasteiger partial charge is 0.335 e. The van der Waals surface area contributed by atoms with E-state index in [9.17, 15) is 19.2 Å². The van der Waals surface area contributed by atoms with Crippen molar-refractivity contribution >= 4 is 28.8 Å². The molecule has 35 heavy (non-hydrogen) atoms. The van der Waals surface area contributed by atoms with E-state index in [2.05, 4.69) is 0 Å². The Morgan fingerprint density at radius 2 is 1.63 bits per heavy atom. The zero-order valence-electron chi connectivity index (χ0n) is 19.2. The van der Waals surface area contributed by atoms with Crippen LogP contribution in [0, 0.1) is 12.8 Å². The summed E-state index contributed by atoms with van der Waals surface area (Å²) in [6.45, 7) is 5.20. The normalized spacial score (nSPS) is 14.0. The predicted octanol–water partition coefficient (Wildman–Crippen LogP) is 4.59. The molecule has 4 aromatic rings. The number of aryl methyl sites for hydroxylation is 1. The van der Waals surface area contributed by atoms with Crippen molar-refractivity contribution < 1.29 is 28.0 Å². The number of rotatable bonds is 5. The van der Waals surface area contributed by atoms with Gasteiger partial charge in [-0.25, -0.2) is 4.79 Å². The van der Waals surface area contributed by atoms with Crippen molar-refractivity contribution in [2.24, 2.45) is 5.92 Å². The molecule has 8 nitrogen and oxygen atoms in total. The lowest BCUT2D eigenvalue weighted by Crippen LogP contribution is -2.49. The van der Waals surface area contributed by atoms with E-state index in [-0.39, 0.29) is 33.8 Å². The first-order chi connectivity index (χ1) is 16.8. The van der Waals surface area contributed by atoms with E-state index in [0.717, 1.165) is 10.5 Å². The third kappa shape index (κ3) is 3.63. The van der Waals surface area contributed by atoms with Crippen LogP contribution >= 0.6 is 0 Å². The molecular formula is C27H21NO7. The van der Waals surface area contributed by atoms with Crippen molar-refractivity contribution in [2.75, 3.05) is 0 Å². The van der Waals surface area contributed by atoms with Crippen LogP contribution in [0.2, 0.25) is 0 Å². The number of carbonyl (C=O) groups excluding carboxylic acids is 3. The molecule has 0 saturated carbocycles. The zero-order chi connectivity index (χ0) is 24.9. The van der Waals surface area contributed by atoms with Gasteiger partial charge in [-0.05, 0) is 49.2 Å². The topological polar surface area (TPSA) is 107 Å². The van der Waals surface area contributed by atoms with Gasteiger partial charge < -0.3 is 13.6 Å². The molecule has 176 valence electrons. The van der Waals surface area contributed by atoms with E-state index in [1.54, 1.807) is 56.3 Å². The SMILES string of the molecule is Cc1ccc2oc(-c3ccco3)c(OC(=O)C(C(C)C)N3C(=O)c4ccccc4C3=O)c(=O)c2c1. The largest absolute Gasteiger partial charge is 0.461 e. The summed E-state index contributed by atoms with van der Waals surface area (Å²) in [4.78, 5) is 53.9. The first-order valence-electron chi connectivity index (χ1n) is 11.1. The van der Waals surface area contributed by atoms with Crippen LogP contribution in [0.5, 0.6) is 5.75 Å². The third-order valence-corrected chi connectivity index (χ3v) is 5.93. The average molecular weight is 471 g/mol. The molecule has 0 aliphatic carbocycles. The number of nitrogens with zero attached hydrogens (tertiary/aromatic N) is 1. The molecule has 0 N–H and O–H groups in total. The van der Waals surface area contributed by atoms with E-state index in [1.165, 1.54) is 18.4 Å². The highest BCUT2D eigenvalue weighted by Gasteiger charge is 2.45. The first-order valence-corrected chi connectivity index (χ1v) is 11.1. The van der Waals surface area contributed by atoms with E-state index < -0.39 is 35.2 Å². The molecular weight excluding hydrogens is 450 g/mol. The van der Waals surface area contributed by atoms with Gasteiger partial charge in [0.25, 0.3) is 11.8 Å². The third-order valence-electron chi connectivity index (χ3n) is 5.93. The summed E-state index contributed by atoms with van der Waals surface area (Å²) in [7, 11) is 0. The Hall–Kier alpha value is -4.46. The molecule has 0 bridgehead atoms. The Morgan fingerprint density at radius 3 is 2.23 bits per heavy atom. The minimum Gasteiger partial charge on any atom is -0.461 e. The molecule has 1 atom stereocenters. The summed E-state index contributed by atoms with van der Waals surface area (Å²) in [5.74, 6) is -2.84. The molecule has 2 aromatic heterocycles. The number of esters is 1. The molecule has 8 heteroatoms. The highest BCUT2D eigenvalue weighted by molar-refractivity contribution is 6.22. The highest BCUT2D eigenvalue weighted by Crippen LogP contribution is 2.33. The van der Waals surface area contributed by atoms with Crippen LogP contribution in [0.3, 0.4) is 0 Å². The van der Waals surface area contributed by atoms with Crippen molar-refractivity contribution in [1.29, 1.82) is 0 Å². The monoisotopic (exact) mass is 471 g/mol. The van der Waals surface area contributed by atoms with Crippen LogP contribution in [0.4, 0.5) is 0 Å². The molecule has 2 aromatic carbocycles. The lowest BCUT2D eigenvalue weighted by atomic mass is 10.0. The van der Waals surface area contributed by atoms with Gasteiger partial charge in [-0.1, -0.05) is 37.6 Å². The van der Waals surface area contributed by atoms with Crippen molar-refractivity contribution in [3.8, 4) is 17.3 Å². The quantitative estimate of drug-likeness (QED) is 0.310. The van der Waals surface area contributed by atoms with Crippen LogP contribution in [0.1, 0.15) is 40.1 Å². The highest BCUT2D eigenvalue weighted by atomic mass is 16.5. The Bertz CT molecular complexity index is 1510. The van der Waals surface area contributed by atoms with Gasteiger partial charge in [-0.3, -0.25) is 19.3 Å². The van der Waals surface area contributed by atoms with Crippen LogP contribution in [0.15, 0.2) is 74.5 Å². The van der Waals surface area contributed by atoms with E-state index in [1.807, 2.05) is 6.92 Å². The van der Waals surface area contributed by atoms with E-state index in [4.69, 9.17) is 13.6 Å². The van der Waals surface area contributed by atoms with Gasteiger partial charge in [0, 0.05) is 0 Å². The lowest BCUT2D eigenvalue weighted by Gasteiger charge is -2.27. The summed E-state index contributed by atoms with van der Waals surface area (Å²) >= 11 is 0. The molecule has 0 fully saturated rings. The summed E-state index contributed by atoms with van der Waals surface area (Å²) in [5.41, 5.74) is 0.979. The molecule has 0 spiro atoms. The lowest BCUT2D eigenvalue weighted by molar-refractivity contribution is -0.140. The molecule has 5 rings (SSSR count). The number of carbonyl (C=O) groups is 3. The molecule has 1 unspecified atom stereocenters. The number of hydrogen-bond acceptors (Lipinski definition) is 7. The minimum absolute atomic E-state index is 0.0606. The van der Waals surface area contributed by atoms with Gasteiger partial charge in [-0.15, -0.1) is 0 Å². The zero-order valence-corrected chi connectivity index (χ0v) is 19.2. The maximum atomic E-state index is 13.5. The summed E-state index contributed by atoms with van der Waals surface area (Å²) in [6.07, 6.45) is 1.40. The van der Waals surface area contributed by atoms with Crippen LogP contribution < -0.4 is 10.2 Å². The number of amides is 2. The molecule has 3 heterocycles. The second-order valence-corrected chi connectivity index (χ2v) is 8.70. The minimum atomic E-state index is -1.26. The standard InChI is InChI=1S/C27H21NO7/c1-14(2)21(28-25(30)16-7-4-5-8-17(16)26(28)31)27(32)35-24-22(29)18-13-15(3)10-11-19(18)34-23(24)20-9-6-12-33-20/h4-14,21H,1-3H3.